The van der Waals surface area contributed by atoms with Crippen LogP contribution in [0, 0.1) is 28.8 Å². The van der Waals surface area contributed by atoms with Crippen LogP contribution in [0.5, 0.6) is 0 Å². The fourth-order valence-electron chi connectivity index (χ4n) is 3.76. The molecule has 0 atom stereocenters. The summed E-state index contributed by atoms with van der Waals surface area (Å²) in [5.41, 5.74) is -2.77. The quantitative estimate of drug-likeness (QED) is 0.255. The van der Waals surface area contributed by atoms with Crippen molar-refractivity contribution in [3.8, 4) is 23.2 Å². The normalized spacial score (nSPS) is 11.8. The van der Waals surface area contributed by atoms with E-state index in [0.29, 0.717) is 6.07 Å². The Morgan fingerprint density at radius 3 is 2.54 bits per heavy atom. The topological polar surface area (TPSA) is 85.5 Å². The van der Waals surface area contributed by atoms with Crippen LogP contribution in [-0.2, 0) is 12.7 Å². The predicted octanol–water partition coefficient (Wildman–Crippen LogP) is 5.23. The first-order valence-corrected chi connectivity index (χ1v) is 9.77. The summed E-state index contributed by atoms with van der Waals surface area (Å²) in [5.74, 6) is -4.65. The highest BCUT2D eigenvalue weighted by molar-refractivity contribution is 5.86. The van der Waals surface area contributed by atoms with Crippen molar-refractivity contribution < 1.29 is 30.9 Å². The van der Waals surface area contributed by atoms with Crippen molar-refractivity contribution in [3.63, 3.8) is 0 Å². The second-order valence-corrected chi connectivity index (χ2v) is 7.34. The first-order valence-electron chi connectivity index (χ1n) is 9.77. The lowest BCUT2D eigenvalue weighted by Crippen LogP contribution is -2.09. The zero-order valence-electron chi connectivity index (χ0n) is 17.2. The van der Waals surface area contributed by atoms with Crippen LogP contribution in [0.4, 0.5) is 26.3 Å². The zero-order valence-corrected chi connectivity index (χ0v) is 17.2. The number of nitrogens with zero attached hydrogens (tertiary/aromatic N) is 6. The van der Waals surface area contributed by atoms with Crippen LogP contribution in [0.1, 0.15) is 17.0 Å². The van der Waals surface area contributed by atoms with Crippen molar-refractivity contribution in [1.82, 2.24) is 24.3 Å². The summed E-state index contributed by atoms with van der Waals surface area (Å²) in [6.45, 7) is -0.199. The number of halogens is 6. The summed E-state index contributed by atoms with van der Waals surface area (Å²) >= 11 is 0. The van der Waals surface area contributed by atoms with Gasteiger partial charge >= 0.3 is 6.18 Å². The van der Waals surface area contributed by atoms with E-state index in [0.717, 1.165) is 17.0 Å². The van der Waals surface area contributed by atoms with E-state index in [-0.39, 0.29) is 23.3 Å². The average molecular weight is 488 g/mol. The molecule has 3 aromatic heterocycles. The molecule has 176 valence electrons. The highest BCUT2D eigenvalue weighted by Gasteiger charge is 2.36. The monoisotopic (exact) mass is 488 g/mol. The van der Waals surface area contributed by atoms with Gasteiger partial charge < -0.3 is 13.7 Å². The Bertz CT molecular complexity index is 1610. The molecule has 0 radical (unpaired) electrons. The molecule has 0 N–H and O–H groups in total. The van der Waals surface area contributed by atoms with Gasteiger partial charge in [0.2, 0.25) is 0 Å². The summed E-state index contributed by atoms with van der Waals surface area (Å²) in [6.07, 6.45) is 0.160. The van der Waals surface area contributed by atoms with Crippen LogP contribution in [0.25, 0.3) is 28.0 Å². The number of fused-ring (bicyclic) bond motifs is 1. The van der Waals surface area contributed by atoms with Crippen LogP contribution >= 0.6 is 0 Å². The van der Waals surface area contributed by atoms with Gasteiger partial charge in [-0.05, 0) is 24.3 Å². The molecule has 0 saturated heterocycles. The highest BCUT2D eigenvalue weighted by atomic mass is 19.4. The summed E-state index contributed by atoms with van der Waals surface area (Å²) < 4.78 is 91.7. The zero-order chi connectivity index (χ0) is 24.9. The lowest BCUT2D eigenvalue weighted by molar-refractivity contribution is -0.136. The number of hydrogen-bond acceptors (Lipinski definition) is 5. The maximum Gasteiger partial charge on any atom is 0.418 e. The largest absolute Gasteiger partial charge is 0.418 e. The SMILES string of the molecule is N#Cc1ccc2c(ccn2Cc2noc(-c3cc(F)c(-n4ccnc4)c(F)c3F)n2)c1C(F)(F)F. The van der Waals surface area contributed by atoms with Crippen molar-refractivity contribution >= 4 is 10.9 Å². The van der Waals surface area contributed by atoms with Crippen molar-refractivity contribution in [2.24, 2.45) is 0 Å². The van der Waals surface area contributed by atoms with E-state index in [1.165, 1.54) is 41.4 Å². The van der Waals surface area contributed by atoms with Gasteiger partial charge in [-0.15, -0.1) is 0 Å². The third-order valence-corrected chi connectivity index (χ3v) is 5.26. The number of nitriles is 1. The maximum atomic E-state index is 14.7. The fourth-order valence-corrected chi connectivity index (χ4v) is 3.76. The van der Waals surface area contributed by atoms with E-state index >= 15 is 0 Å². The van der Waals surface area contributed by atoms with Crippen LogP contribution in [-0.4, -0.2) is 24.3 Å². The molecular weight excluding hydrogens is 478 g/mol. The summed E-state index contributed by atoms with van der Waals surface area (Å²) in [5, 5.41) is 12.5. The van der Waals surface area contributed by atoms with Gasteiger partial charge in [-0.1, -0.05) is 5.16 Å². The molecule has 0 fully saturated rings. The Morgan fingerprint density at radius 2 is 1.86 bits per heavy atom. The van der Waals surface area contributed by atoms with Gasteiger partial charge in [0.05, 0.1) is 35.6 Å². The van der Waals surface area contributed by atoms with Gasteiger partial charge in [0.1, 0.15) is 5.69 Å². The minimum atomic E-state index is -4.76. The molecule has 0 aliphatic rings. The summed E-state index contributed by atoms with van der Waals surface area (Å²) in [7, 11) is 0. The number of imidazole rings is 1. The minimum Gasteiger partial charge on any atom is -0.340 e. The first kappa shape index (κ1) is 22.2. The molecule has 0 aliphatic carbocycles. The Balaban J connectivity index is 1.51. The fraction of sp³-hybridized carbons (Fsp3) is 0.0909. The third kappa shape index (κ3) is 3.68. The molecular formula is C22H10F6N6O. The van der Waals surface area contributed by atoms with E-state index in [1.807, 2.05) is 0 Å². The molecule has 35 heavy (non-hydrogen) atoms. The van der Waals surface area contributed by atoms with Crippen molar-refractivity contribution in [3.05, 3.63) is 83.6 Å². The number of alkyl halides is 3. The smallest absolute Gasteiger partial charge is 0.340 e. The van der Waals surface area contributed by atoms with Crippen molar-refractivity contribution in [2.45, 2.75) is 12.7 Å². The van der Waals surface area contributed by atoms with Crippen LogP contribution in [0.3, 0.4) is 0 Å². The molecule has 0 spiro atoms. The van der Waals surface area contributed by atoms with E-state index in [9.17, 15) is 26.3 Å². The molecule has 0 saturated carbocycles. The van der Waals surface area contributed by atoms with Gasteiger partial charge in [0.15, 0.2) is 23.3 Å². The van der Waals surface area contributed by atoms with Gasteiger partial charge in [-0.2, -0.15) is 23.4 Å². The Morgan fingerprint density at radius 1 is 1.06 bits per heavy atom. The van der Waals surface area contributed by atoms with E-state index in [2.05, 4.69) is 15.1 Å². The molecule has 5 rings (SSSR count). The second-order valence-electron chi connectivity index (χ2n) is 7.34. The predicted molar refractivity (Wildman–Crippen MR) is 107 cm³/mol. The Labute approximate surface area is 191 Å². The minimum absolute atomic E-state index is 0.0886. The number of benzene rings is 2. The standard InChI is InChI=1S/C22H10F6N6O/c23-14-7-13(18(24)19(25)20(14)34-6-4-30-10-34)21-31-16(32-35-21)9-33-5-3-12-15(33)2-1-11(8-29)17(12)22(26,27)28/h1-7,10H,9H2. The van der Waals surface area contributed by atoms with Crippen molar-refractivity contribution in [2.75, 3.05) is 0 Å². The Kier molecular flexibility index (Phi) is 5.08. The van der Waals surface area contributed by atoms with Crippen LogP contribution in [0.15, 0.2) is 53.7 Å². The van der Waals surface area contributed by atoms with E-state index in [1.54, 1.807) is 0 Å². The lowest BCUT2D eigenvalue weighted by atomic mass is 10.0. The highest BCUT2D eigenvalue weighted by Crippen LogP contribution is 2.38. The van der Waals surface area contributed by atoms with Crippen molar-refractivity contribution in [1.29, 1.82) is 5.26 Å². The molecule has 0 aliphatic heterocycles. The average Bonchev–Trinajstić information content (AvgIpc) is 3.57. The second kappa shape index (κ2) is 8.01. The lowest BCUT2D eigenvalue weighted by Gasteiger charge is -2.11. The molecule has 0 unspecified atom stereocenters. The molecule has 13 heteroatoms. The summed E-state index contributed by atoms with van der Waals surface area (Å²) in [4.78, 5) is 7.60. The third-order valence-electron chi connectivity index (χ3n) is 5.26. The summed E-state index contributed by atoms with van der Waals surface area (Å²) in [6, 6.07) is 5.80. The van der Waals surface area contributed by atoms with Gasteiger partial charge in [-0.25, -0.2) is 18.2 Å². The number of rotatable bonds is 4. The molecule has 5 aromatic rings. The number of hydrogen-bond donors (Lipinski definition) is 0. The molecule has 2 aromatic carbocycles. The molecule has 0 amide bonds. The number of aromatic nitrogens is 5. The van der Waals surface area contributed by atoms with Gasteiger partial charge in [0.25, 0.3) is 5.89 Å². The van der Waals surface area contributed by atoms with Gasteiger partial charge in [-0.3, -0.25) is 0 Å². The molecule has 3 heterocycles. The molecule has 0 bridgehead atoms. The maximum absolute atomic E-state index is 14.7. The molecule has 7 nitrogen and oxygen atoms in total. The van der Waals surface area contributed by atoms with E-state index in [4.69, 9.17) is 9.78 Å². The Hall–Kier alpha value is -4.60. The van der Waals surface area contributed by atoms with E-state index < -0.39 is 51.9 Å². The first-order chi connectivity index (χ1) is 16.7. The van der Waals surface area contributed by atoms with Gasteiger partial charge in [0, 0.05) is 29.5 Å². The van der Waals surface area contributed by atoms with Crippen LogP contribution in [0.2, 0.25) is 0 Å². The van der Waals surface area contributed by atoms with Crippen LogP contribution < -0.4 is 0 Å².